The molecule has 0 heterocycles. The highest BCUT2D eigenvalue weighted by molar-refractivity contribution is 6.39. The molecule has 0 aliphatic carbocycles. The number of aliphatic hydroxyl groups is 1. The van der Waals surface area contributed by atoms with E-state index >= 15 is 0 Å². The summed E-state index contributed by atoms with van der Waals surface area (Å²) in [5.41, 5.74) is -1.63. The highest BCUT2D eigenvalue weighted by Gasteiger charge is 2.28. The van der Waals surface area contributed by atoms with Gasteiger partial charge in [0, 0.05) is 6.54 Å². The zero-order valence-electron chi connectivity index (χ0n) is 9.57. The fourth-order valence-electron chi connectivity index (χ4n) is 1.13. The number of halogens is 5. The molecule has 1 aromatic rings. The zero-order valence-corrected chi connectivity index (χ0v) is 9.57. The molecule has 0 unspecified atom stereocenters. The fourth-order valence-corrected chi connectivity index (χ4v) is 1.13. The van der Waals surface area contributed by atoms with E-state index in [-0.39, 0.29) is 6.54 Å². The van der Waals surface area contributed by atoms with Crippen molar-refractivity contribution in [2.75, 3.05) is 18.5 Å². The first-order valence-corrected chi connectivity index (χ1v) is 5.02. The van der Waals surface area contributed by atoms with Crippen molar-refractivity contribution in [3.8, 4) is 0 Å². The van der Waals surface area contributed by atoms with Gasteiger partial charge in [0.1, 0.15) is 5.69 Å². The molecular weight excluding hydrogens is 291 g/mol. The molecule has 0 fully saturated rings. The Kier molecular flexibility index (Phi) is 4.97. The third-order valence-corrected chi connectivity index (χ3v) is 2.05. The van der Waals surface area contributed by atoms with E-state index in [2.05, 4.69) is 0 Å². The Morgan fingerprint density at radius 3 is 1.75 bits per heavy atom. The van der Waals surface area contributed by atoms with Crippen molar-refractivity contribution in [1.29, 1.82) is 0 Å². The van der Waals surface area contributed by atoms with Gasteiger partial charge in [-0.3, -0.25) is 9.59 Å². The maximum Gasteiger partial charge on any atom is 0.313 e. The van der Waals surface area contributed by atoms with Crippen LogP contribution in [-0.2, 0) is 9.59 Å². The van der Waals surface area contributed by atoms with Gasteiger partial charge in [0.05, 0.1) is 6.61 Å². The lowest BCUT2D eigenvalue weighted by atomic mass is 10.2. The maximum atomic E-state index is 13.2. The van der Waals surface area contributed by atoms with Crippen LogP contribution >= 0.6 is 0 Å². The van der Waals surface area contributed by atoms with Crippen LogP contribution < -0.4 is 10.6 Å². The van der Waals surface area contributed by atoms with Crippen LogP contribution in [-0.4, -0.2) is 30.1 Å². The lowest BCUT2D eigenvalue weighted by Gasteiger charge is -2.09. The summed E-state index contributed by atoms with van der Waals surface area (Å²) >= 11 is 0. The standard InChI is InChI=1S/C10H7F5N2O3/c11-3-4(12)6(14)8(7(15)5(3)13)17-10(20)9(19)16-1-2-18/h18H,1-2H2,(H,16,19)(H,17,20). The minimum Gasteiger partial charge on any atom is -0.395 e. The molecule has 1 aromatic carbocycles. The molecule has 0 saturated carbocycles. The van der Waals surface area contributed by atoms with Gasteiger partial charge >= 0.3 is 11.8 Å². The van der Waals surface area contributed by atoms with E-state index in [1.807, 2.05) is 5.32 Å². The number of carbonyl (C=O) groups is 2. The summed E-state index contributed by atoms with van der Waals surface area (Å²) in [6, 6.07) is 0. The number of rotatable bonds is 3. The monoisotopic (exact) mass is 298 g/mol. The Balaban J connectivity index is 3.04. The highest BCUT2D eigenvalue weighted by Crippen LogP contribution is 2.26. The topological polar surface area (TPSA) is 78.4 Å². The van der Waals surface area contributed by atoms with Crippen LogP contribution in [0.15, 0.2) is 0 Å². The third-order valence-electron chi connectivity index (χ3n) is 2.05. The molecule has 0 atom stereocenters. The summed E-state index contributed by atoms with van der Waals surface area (Å²) in [4.78, 5) is 22.2. The lowest BCUT2D eigenvalue weighted by molar-refractivity contribution is -0.136. The van der Waals surface area contributed by atoms with Crippen LogP contribution in [0, 0.1) is 29.1 Å². The Bertz CT molecular complexity index is 535. The minimum absolute atomic E-state index is 0.330. The number of hydrogen-bond acceptors (Lipinski definition) is 3. The summed E-state index contributed by atoms with van der Waals surface area (Å²) in [6.07, 6.45) is 0. The summed E-state index contributed by atoms with van der Waals surface area (Å²) < 4.78 is 64.7. The Morgan fingerprint density at radius 1 is 0.850 bits per heavy atom. The molecule has 1 rings (SSSR count). The van der Waals surface area contributed by atoms with Gasteiger partial charge in [0.25, 0.3) is 0 Å². The first-order valence-electron chi connectivity index (χ1n) is 5.02. The second-order valence-electron chi connectivity index (χ2n) is 3.38. The van der Waals surface area contributed by atoms with E-state index in [9.17, 15) is 31.5 Å². The molecule has 0 aromatic heterocycles. The minimum atomic E-state index is -2.39. The van der Waals surface area contributed by atoms with Gasteiger partial charge in [-0.15, -0.1) is 0 Å². The molecule has 0 aliphatic rings. The van der Waals surface area contributed by atoms with Crippen molar-refractivity contribution < 1.29 is 36.6 Å². The molecular formula is C10H7F5N2O3. The van der Waals surface area contributed by atoms with Crippen molar-refractivity contribution in [3.05, 3.63) is 29.1 Å². The van der Waals surface area contributed by atoms with Crippen LogP contribution in [0.5, 0.6) is 0 Å². The number of aliphatic hydroxyl groups excluding tert-OH is 1. The van der Waals surface area contributed by atoms with E-state index in [4.69, 9.17) is 5.11 Å². The molecule has 0 saturated heterocycles. The van der Waals surface area contributed by atoms with Crippen molar-refractivity contribution in [3.63, 3.8) is 0 Å². The van der Waals surface area contributed by atoms with Crippen LogP contribution in [0.4, 0.5) is 27.6 Å². The smallest absolute Gasteiger partial charge is 0.313 e. The third kappa shape index (κ3) is 3.02. The molecule has 2 amide bonds. The summed E-state index contributed by atoms with van der Waals surface area (Å²) in [7, 11) is 0. The molecule has 0 bridgehead atoms. The average Bonchev–Trinajstić information content (AvgIpc) is 2.44. The highest BCUT2D eigenvalue weighted by atomic mass is 19.2. The van der Waals surface area contributed by atoms with Crippen molar-refractivity contribution >= 4 is 17.5 Å². The summed E-state index contributed by atoms with van der Waals surface area (Å²) in [6.45, 7) is -0.842. The SMILES string of the molecule is O=C(NCCO)C(=O)Nc1c(F)c(F)c(F)c(F)c1F. The normalized spacial score (nSPS) is 10.3. The van der Waals surface area contributed by atoms with Gasteiger partial charge in [0.2, 0.25) is 5.82 Å². The molecule has 0 radical (unpaired) electrons. The molecule has 5 nitrogen and oxygen atoms in total. The number of anilines is 1. The molecule has 0 spiro atoms. The molecule has 3 N–H and O–H groups in total. The quantitative estimate of drug-likeness (QED) is 0.328. The van der Waals surface area contributed by atoms with Crippen LogP contribution in [0.2, 0.25) is 0 Å². The predicted molar refractivity (Wildman–Crippen MR) is 55.0 cm³/mol. The average molecular weight is 298 g/mol. The first kappa shape index (κ1) is 15.8. The lowest BCUT2D eigenvalue weighted by Crippen LogP contribution is -2.37. The number of benzene rings is 1. The summed E-state index contributed by atoms with van der Waals surface area (Å²) in [5, 5.41) is 11.5. The molecule has 110 valence electrons. The van der Waals surface area contributed by atoms with Crippen molar-refractivity contribution in [1.82, 2.24) is 5.32 Å². The van der Waals surface area contributed by atoms with Crippen molar-refractivity contribution in [2.24, 2.45) is 0 Å². The second-order valence-corrected chi connectivity index (χ2v) is 3.38. The summed E-state index contributed by atoms with van der Waals surface area (Å²) in [5.74, 6) is -14.5. The fraction of sp³-hybridized carbons (Fsp3) is 0.200. The Hall–Kier alpha value is -2.23. The van der Waals surface area contributed by atoms with E-state index in [1.54, 1.807) is 0 Å². The van der Waals surface area contributed by atoms with Crippen LogP contribution in [0.1, 0.15) is 0 Å². The van der Waals surface area contributed by atoms with E-state index in [1.165, 1.54) is 5.32 Å². The first-order chi connectivity index (χ1) is 9.31. The number of amides is 2. The van der Waals surface area contributed by atoms with Gasteiger partial charge in [-0.2, -0.15) is 0 Å². The number of hydrogen-bond donors (Lipinski definition) is 3. The zero-order chi connectivity index (χ0) is 15.4. The molecule has 0 aliphatic heterocycles. The van der Waals surface area contributed by atoms with E-state index in [0.29, 0.717) is 0 Å². The maximum absolute atomic E-state index is 13.2. The molecule has 10 heteroatoms. The Morgan fingerprint density at radius 2 is 1.30 bits per heavy atom. The number of carbonyl (C=O) groups excluding carboxylic acids is 2. The van der Waals surface area contributed by atoms with Crippen LogP contribution in [0.25, 0.3) is 0 Å². The van der Waals surface area contributed by atoms with E-state index < -0.39 is 53.2 Å². The van der Waals surface area contributed by atoms with Gasteiger partial charge in [-0.05, 0) is 0 Å². The number of nitrogens with one attached hydrogen (secondary N) is 2. The predicted octanol–water partition coefficient (Wildman–Crippen LogP) is 0.429. The van der Waals surface area contributed by atoms with Gasteiger partial charge in [0.15, 0.2) is 23.3 Å². The van der Waals surface area contributed by atoms with Crippen molar-refractivity contribution in [2.45, 2.75) is 0 Å². The van der Waals surface area contributed by atoms with E-state index in [0.717, 1.165) is 0 Å². The Labute approximate surface area is 108 Å². The van der Waals surface area contributed by atoms with Gasteiger partial charge < -0.3 is 15.7 Å². The molecule has 20 heavy (non-hydrogen) atoms. The largest absolute Gasteiger partial charge is 0.395 e. The van der Waals surface area contributed by atoms with Gasteiger partial charge in [-0.25, -0.2) is 22.0 Å². The second kappa shape index (κ2) is 6.28. The van der Waals surface area contributed by atoms with Crippen LogP contribution in [0.3, 0.4) is 0 Å². The van der Waals surface area contributed by atoms with Gasteiger partial charge in [-0.1, -0.05) is 0 Å².